The molecule has 0 aliphatic rings. The van der Waals surface area contributed by atoms with Gasteiger partial charge in [0.05, 0.1) is 16.7 Å². The van der Waals surface area contributed by atoms with Gasteiger partial charge in [-0.3, -0.25) is 9.48 Å². The Bertz CT molecular complexity index is 991. The average molecular weight is 460 g/mol. The highest BCUT2D eigenvalue weighted by atomic mass is 79.9. The number of benzene rings is 1. The van der Waals surface area contributed by atoms with Gasteiger partial charge in [0.15, 0.2) is 5.76 Å². The highest BCUT2D eigenvalue weighted by Crippen LogP contribution is 2.28. The normalized spacial score (nSPS) is 11.1. The standard InChI is InChI=1S/C22H26BrN3O3/c1-5-26-12-18(23)19(25-26)11-24-22(27)20-9-7-16(29-20)13-28-21-10-15(4)6-8-17(21)14(2)3/h6-10,12,14H,5,11,13H2,1-4H3,(H,24,27). The maximum absolute atomic E-state index is 12.4. The van der Waals surface area contributed by atoms with Crippen molar-refractivity contribution in [2.45, 2.75) is 53.3 Å². The quantitative estimate of drug-likeness (QED) is 0.502. The summed E-state index contributed by atoms with van der Waals surface area (Å²) in [6, 6.07) is 9.63. The molecule has 0 spiro atoms. The molecule has 0 unspecified atom stereocenters. The summed E-state index contributed by atoms with van der Waals surface area (Å²) >= 11 is 3.46. The van der Waals surface area contributed by atoms with Crippen molar-refractivity contribution in [3.05, 3.63) is 69.3 Å². The van der Waals surface area contributed by atoms with Gasteiger partial charge < -0.3 is 14.5 Å². The molecule has 1 amide bonds. The third-order valence-corrected chi connectivity index (χ3v) is 5.24. The molecule has 3 rings (SSSR count). The Kier molecular flexibility index (Phi) is 6.79. The summed E-state index contributed by atoms with van der Waals surface area (Å²) < 4.78 is 14.3. The van der Waals surface area contributed by atoms with E-state index in [9.17, 15) is 4.79 Å². The van der Waals surface area contributed by atoms with Crippen molar-refractivity contribution >= 4 is 21.8 Å². The van der Waals surface area contributed by atoms with Gasteiger partial charge in [-0.25, -0.2) is 0 Å². The molecule has 6 nitrogen and oxygen atoms in total. The number of halogens is 1. The largest absolute Gasteiger partial charge is 0.485 e. The number of carbonyl (C=O) groups excluding carboxylic acids is 1. The Labute approximate surface area is 179 Å². The molecule has 154 valence electrons. The van der Waals surface area contributed by atoms with Gasteiger partial charge >= 0.3 is 0 Å². The smallest absolute Gasteiger partial charge is 0.287 e. The molecule has 2 aromatic heterocycles. The van der Waals surface area contributed by atoms with Crippen molar-refractivity contribution in [1.82, 2.24) is 15.1 Å². The molecule has 0 aliphatic carbocycles. The Morgan fingerprint density at radius 3 is 2.79 bits per heavy atom. The minimum atomic E-state index is -0.285. The Balaban J connectivity index is 1.60. The number of amides is 1. The van der Waals surface area contributed by atoms with Gasteiger partial charge in [0.25, 0.3) is 5.91 Å². The molecule has 0 radical (unpaired) electrons. The fraction of sp³-hybridized carbons (Fsp3) is 0.364. The summed E-state index contributed by atoms with van der Waals surface area (Å²) in [5.74, 6) is 1.77. The van der Waals surface area contributed by atoms with Gasteiger partial charge in [-0.15, -0.1) is 0 Å². The number of nitrogens with zero attached hydrogens (tertiary/aromatic N) is 2. The van der Waals surface area contributed by atoms with Crippen LogP contribution >= 0.6 is 15.9 Å². The topological polar surface area (TPSA) is 69.3 Å². The van der Waals surface area contributed by atoms with Crippen LogP contribution in [0.2, 0.25) is 0 Å². The van der Waals surface area contributed by atoms with Crippen LogP contribution in [-0.4, -0.2) is 15.7 Å². The number of hydrogen-bond acceptors (Lipinski definition) is 4. The summed E-state index contributed by atoms with van der Waals surface area (Å²) in [7, 11) is 0. The Hall–Kier alpha value is -2.54. The SMILES string of the molecule is CCn1cc(Br)c(CNC(=O)c2ccc(COc3cc(C)ccc3C(C)C)o2)n1. The number of furan rings is 1. The molecule has 0 aliphatic heterocycles. The second-order valence-corrected chi connectivity index (χ2v) is 8.07. The van der Waals surface area contributed by atoms with E-state index < -0.39 is 0 Å². The first-order chi connectivity index (χ1) is 13.9. The highest BCUT2D eigenvalue weighted by molar-refractivity contribution is 9.10. The zero-order valence-electron chi connectivity index (χ0n) is 17.2. The van der Waals surface area contributed by atoms with E-state index in [4.69, 9.17) is 9.15 Å². The third kappa shape index (κ3) is 5.29. The van der Waals surface area contributed by atoms with Crippen LogP contribution in [0.4, 0.5) is 0 Å². The summed E-state index contributed by atoms with van der Waals surface area (Å²) in [6.07, 6.45) is 1.89. The van der Waals surface area contributed by atoms with E-state index in [1.165, 1.54) is 0 Å². The third-order valence-electron chi connectivity index (χ3n) is 4.57. The van der Waals surface area contributed by atoms with E-state index in [0.717, 1.165) is 33.6 Å². The monoisotopic (exact) mass is 459 g/mol. The van der Waals surface area contributed by atoms with Crippen molar-refractivity contribution in [3.8, 4) is 5.75 Å². The molecule has 0 saturated heterocycles. The molecule has 1 N–H and O–H groups in total. The van der Waals surface area contributed by atoms with Gasteiger partial charge in [0.2, 0.25) is 0 Å². The lowest BCUT2D eigenvalue weighted by molar-refractivity contribution is 0.0918. The van der Waals surface area contributed by atoms with Crippen LogP contribution < -0.4 is 10.1 Å². The first-order valence-electron chi connectivity index (χ1n) is 9.69. The molecule has 0 fully saturated rings. The molecule has 1 aromatic carbocycles. The van der Waals surface area contributed by atoms with Gasteiger partial charge in [0, 0.05) is 12.7 Å². The molecule has 3 aromatic rings. The van der Waals surface area contributed by atoms with Crippen LogP contribution in [-0.2, 0) is 19.7 Å². The van der Waals surface area contributed by atoms with E-state index in [2.05, 4.69) is 52.3 Å². The van der Waals surface area contributed by atoms with Crippen molar-refractivity contribution in [2.24, 2.45) is 0 Å². The fourth-order valence-corrected chi connectivity index (χ4v) is 3.40. The average Bonchev–Trinajstić information content (AvgIpc) is 3.30. The molecular weight excluding hydrogens is 434 g/mol. The zero-order valence-corrected chi connectivity index (χ0v) is 18.7. The predicted octanol–water partition coefficient (Wildman–Crippen LogP) is 5.20. The number of aromatic nitrogens is 2. The summed E-state index contributed by atoms with van der Waals surface area (Å²) in [5, 5.41) is 7.23. The second kappa shape index (κ2) is 9.31. The number of nitrogens with one attached hydrogen (secondary N) is 1. The van der Waals surface area contributed by atoms with E-state index in [0.29, 0.717) is 18.2 Å². The Morgan fingerprint density at radius 2 is 2.10 bits per heavy atom. The van der Waals surface area contributed by atoms with E-state index in [1.807, 2.05) is 30.8 Å². The van der Waals surface area contributed by atoms with Crippen molar-refractivity contribution in [1.29, 1.82) is 0 Å². The van der Waals surface area contributed by atoms with E-state index in [1.54, 1.807) is 12.1 Å². The summed E-state index contributed by atoms with van der Waals surface area (Å²) in [5.41, 5.74) is 3.06. The first kappa shape index (κ1) is 21.2. The molecule has 0 saturated carbocycles. The van der Waals surface area contributed by atoms with E-state index in [-0.39, 0.29) is 18.3 Å². The molecular formula is C22H26BrN3O3. The minimum Gasteiger partial charge on any atom is -0.485 e. The fourth-order valence-electron chi connectivity index (χ4n) is 2.94. The summed E-state index contributed by atoms with van der Waals surface area (Å²) in [4.78, 5) is 12.4. The van der Waals surface area contributed by atoms with Crippen LogP contribution in [0.3, 0.4) is 0 Å². The lowest BCUT2D eigenvalue weighted by atomic mass is 10.0. The highest BCUT2D eigenvalue weighted by Gasteiger charge is 2.14. The van der Waals surface area contributed by atoms with Gasteiger partial charge in [-0.2, -0.15) is 5.10 Å². The molecule has 7 heteroatoms. The first-order valence-corrected chi connectivity index (χ1v) is 10.5. The molecule has 0 bridgehead atoms. The van der Waals surface area contributed by atoms with Crippen LogP contribution in [0.1, 0.15) is 59.8 Å². The van der Waals surface area contributed by atoms with Gasteiger partial charge in [-0.05, 0) is 65.0 Å². The number of ether oxygens (including phenoxy) is 1. The lowest BCUT2D eigenvalue weighted by Crippen LogP contribution is -2.22. The lowest BCUT2D eigenvalue weighted by Gasteiger charge is -2.14. The number of rotatable bonds is 8. The molecule has 2 heterocycles. The van der Waals surface area contributed by atoms with Gasteiger partial charge in [-0.1, -0.05) is 26.0 Å². The van der Waals surface area contributed by atoms with Crippen molar-refractivity contribution in [3.63, 3.8) is 0 Å². The Morgan fingerprint density at radius 1 is 1.31 bits per heavy atom. The second-order valence-electron chi connectivity index (χ2n) is 7.21. The van der Waals surface area contributed by atoms with E-state index >= 15 is 0 Å². The van der Waals surface area contributed by atoms with Crippen LogP contribution in [0.25, 0.3) is 0 Å². The number of hydrogen-bond donors (Lipinski definition) is 1. The van der Waals surface area contributed by atoms with Crippen molar-refractivity contribution < 1.29 is 13.9 Å². The maximum Gasteiger partial charge on any atom is 0.287 e. The van der Waals surface area contributed by atoms with Gasteiger partial charge in [0.1, 0.15) is 18.1 Å². The van der Waals surface area contributed by atoms with Crippen LogP contribution in [0.5, 0.6) is 5.75 Å². The number of carbonyl (C=O) groups is 1. The zero-order chi connectivity index (χ0) is 21.0. The van der Waals surface area contributed by atoms with Crippen LogP contribution in [0, 0.1) is 6.92 Å². The molecule has 0 atom stereocenters. The predicted molar refractivity (Wildman–Crippen MR) is 115 cm³/mol. The number of aryl methyl sites for hydroxylation is 2. The summed E-state index contributed by atoms with van der Waals surface area (Å²) in [6.45, 7) is 9.67. The minimum absolute atomic E-state index is 0.253. The van der Waals surface area contributed by atoms with Crippen molar-refractivity contribution in [2.75, 3.05) is 0 Å². The molecule has 29 heavy (non-hydrogen) atoms. The maximum atomic E-state index is 12.4. The van der Waals surface area contributed by atoms with Crippen LogP contribution in [0.15, 0.2) is 45.4 Å².